The van der Waals surface area contributed by atoms with Gasteiger partial charge in [-0.25, -0.2) is 9.97 Å². The molecule has 4 aromatic rings. The van der Waals surface area contributed by atoms with Crippen molar-refractivity contribution >= 4 is 5.82 Å². The topological polar surface area (TPSA) is 90.4 Å². The maximum atomic E-state index is 13.1. The van der Waals surface area contributed by atoms with Gasteiger partial charge in [-0.15, -0.1) is 10.2 Å². The van der Waals surface area contributed by atoms with Gasteiger partial charge < -0.3 is 4.90 Å². The smallest absolute Gasteiger partial charge is 0.344 e. The summed E-state index contributed by atoms with van der Waals surface area (Å²) >= 11 is 0. The van der Waals surface area contributed by atoms with Crippen molar-refractivity contribution in [1.29, 1.82) is 0 Å². The van der Waals surface area contributed by atoms with Gasteiger partial charge in [0.15, 0.2) is 11.6 Å². The van der Waals surface area contributed by atoms with Gasteiger partial charge in [0.25, 0.3) is 0 Å². The van der Waals surface area contributed by atoms with Crippen LogP contribution in [0, 0.1) is 0 Å². The molecule has 1 aliphatic rings. The lowest BCUT2D eigenvalue weighted by molar-refractivity contribution is -0.132. The van der Waals surface area contributed by atoms with Gasteiger partial charge in [-0.2, -0.15) is 18.2 Å². The standard InChI is InChI=1S/C20H18F3N9/c1-2-14-18-29-27-12-32(18)15-11-26-19(28-17(15)30(14)9-5-20(21,22)23)31-10-8-25-16(31)13-3-6-24-7-4-13/h3-4,6-8,10-12,14H,2,5,9H2,1H3/t14-/m1/s1. The van der Waals surface area contributed by atoms with Crippen LogP contribution in [0.25, 0.3) is 23.0 Å². The number of fused-ring (bicyclic) bond motifs is 3. The molecule has 5 rings (SSSR count). The van der Waals surface area contributed by atoms with Gasteiger partial charge in [0.05, 0.1) is 18.7 Å². The van der Waals surface area contributed by atoms with E-state index in [9.17, 15) is 13.2 Å². The van der Waals surface area contributed by atoms with Crippen LogP contribution < -0.4 is 4.90 Å². The molecule has 0 bridgehead atoms. The average Bonchev–Trinajstić information content (AvgIpc) is 3.47. The highest BCUT2D eigenvalue weighted by molar-refractivity contribution is 5.63. The predicted molar refractivity (Wildman–Crippen MR) is 108 cm³/mol. The summed E-state index contributed by atoms with van der Waals surface area (Å²) in [6.45, 7) is 1.65. The Morgan fingerprint density at radius 3 is 2.62 bits per heavy atom. The lowest BCUT2D eigenvalue weighted by Gasteiger charge is -2.37. The largest absolute Gasteiger partial charge is 0.390 e. The van der Waals surface area contributed by atoms with E-state index in [4.69, 9.17) is 0 Å². The van der Waals surface area contributed by atoms with Gasteiger partial charge in [-0.1, -0.05) is 6.92 Å². The van der Waals surface area contributed by atoms with Crippen LogP contribution in [0.5, 0.6) is 0 Å². The van der Waals surface area contributed by atoms with Crippen LogP contribution >= 0.6 is 0 Å². The molecule has 1 aliphatic heterocycles. The quantitative estimate of drug-likeness (QED) is 0.468. The Morgan fingerprint density at radius 2 is 1.88 bits per heavy atom. The first-order valence-electron chi connectivity index (χ1n) is 10.0. The number of halogens is 3. The molecule has 1 atom stereocenters. The molecule has 12 heteroatoms. The van der Waals surface area contributed by atoms with Crippen molar-refractivity contribution in [1.82, 2.24) is 39.3 Å². The second-order valence-electron chi connectivity index (χ2n) is 7.28. The normalized spacial score (nSPS) is 15.5. The average molecular weight is 441 g/mol. The molecule has 0 aromatic carbocycles. The molecule has 5 heterocycles. The maximum Gasteiger partial charge on any atom is 0.390 e. The van der Waals surface area contributed by atoms with Crippen molar-refractivity contribution in [3.63, 3.8) is 0 Å². The van der Waals surface area contributed by atoms with E-state index in [2.05, 4.69) is 30.1 Å². The van der Waals surface area contributed by atoms with E-state index in [1.807, 2.05) is 19.1 Å². The van der Waals surface area contributed by atoms with Gasteiger partial charge in [0, 0.05) is 36.9 Å². The molecule has 0 fully saturated rings. The first-order chi connectivity index (χ1) is 15.5. The molecule has 164 valence electrons. The minimum Gasteiger partial charge on any atom is -0.344 e. The van der Waals surface area contributed by atoms with Crippen molar-refractivity contribution < 1.29 is 13.2 Å². The van der Waals surface area contributed by atoms with Gasteiger partial charge >= 0.3 is 6.18 Å². The lowest BCUT2D eigenvalue weighted by Crippen LogP contribution is -2.38. The first-order valence-corrected chi connectivity index (χ1v) is 10.0. The molecule has 0 spiro atoms. The zero-order chi connectivity index (χ0) is 22.3. The molecule has 0 saturated heterocycles. The van der Waals surface area contributed by atoms with Crippen molar-refractivity contribution in [2.24, 2.45) is 0 Å². The molecule has 0 saturated carbocycles. The number of imidazole rings is 1. The second-order valence-corrected chi connectivity index (χ2v) is 7.28. The van der Waals surface area contributed by atoms with Crippen LogP contribution in [0.15, 0.2) is 49.4 Å². The Bertz CT molecular complexity index is 1230. The number of aromatic nitrogens is 8. The minimum atomic E-state index is -4.29. The van der Waals surface area contributed by atoms with Crippen molar-refractivity contribution in [2.75, 3.05) is 11.4 Å². The molecule has 0 aliphatic carbocycles. The summed E-state index contributed by atoms with van der Waals surface area (Å²) in [5.41, 5.74) is 1.35. The Labute approximate surface area is 180 Å². The van der Waals surface area contributed by atoms with E-state index in [-0.39, 0.29) is 6.54 Å². The van der Waals surface area contributed by atoms with Crippen LogP contribution in [0.1, 0.15) is 31.6 Å². The van der Waals surface area contributed by atoms with Crippen molar-refractivity contribution in [3.8, 4) is 23.0 Å². The number of hydrogen-bond donors (Lipinski definition) is 0. The van der Waals surface area contributed by atoms with Crippen LogP contribution in [-0.4, -0.2) is 52.0 Å². The second kappa shape index (κ2) is 7.70. The molecular weight excluding hydrogens is 423 g/mol. The van der Waals surface area contributed by atoms with Crippen LogP contribution in [-0.2, 0) is 0 Å². The fraction of sp³-hybridized carbons (Fsp3) is 0.300. The van der Waals surface area contributed by atoms with Crippen LogP contribution in [0.3, 0.4) is 0 Å². The number of nitrogens with zero attached hydrogens (tertiary/aromatic N) is 9. The third-order valence-corrected chi connectivity index (χ3v) is 5.33. The summed E-state index contributed by atoms with van der Waals surface area (Å²) in [7, 11) is 0. The maximum absolute atomic E-state index is 13.1. The number of anilines is 1. The monoisotopic (exact) mass is 441 g/mol. The fourth-order valence-electron chi connectivity index (χ4n) is 3.89. The zero-order valence-electron chi connectivity index (χ0n) is 17.0. The molecule has 0 amide bonds. The van der Waals surface area contributed by atoms with Crippen LogP contribution in [0.2, 0.25) is 0 Å². The van der Waals surface area contributed by atoms with Gasteiger partial charge in [0.2, 0.25) is 5.95 Å². The zero-order valence-corrected chi connectivity index (χ0v) is 17.0. The first kappa shape index (κ1) is 20.1. The van der Waals surface area contributed by atoms with Crippen LogP contribution in [0.4, 0.5) is 19.0 Å². The Hall–Kier alpha value is -3.83. The molecule has 0 radical (unpaired) electrons. The molecule has 0 unspecified atom stereocenters. The van der Waals surface area contributed by atoms with E-state index in [1.165, 1.54) is 6.33 Å². The van der Waals surface area contributed by atoms with Gasteiger partial charge in [-0.05, 0) is 18.6 Å². The molecule has 9 nitrogen and oxygen atoms in total. The summed E-state index contributed by atoms with van der Waals surface area (Å²) in [5.74, 6) is 1.87. The SMILES string of the molecule is CC[C@@H]1c2nncn2-c2cnc(-n3ccnc3-c3ccncc3)nc2N1CCC(F)(F)F. The van der Waals surface area contributed by atoms with E-state index in [0.29, 0.717) is 35.5 Å². The number of alkyl halides is 3. The van der Waals surface area contributed by atoms with Gasteiger partial charge in [-0.3, -0.25) is 14.1 Å². The van der Waals surface area contributed by atoms with Crippen molar-refractivity contribution in [2.45, 2.75) is 32.0 Å². The number of pyridine rings is 1. The summed E-state index contributed by atoms with van der Waals surface area (Å²) in [4.78, 5) is 19.2. The van der Waals surface area contributed by atoms with E-state index >= 15 is 0 Å². The third-order valence-electron chi connectivity index (χ3n) is 5.33. The van der Waals surface area contributed by atoms with Crippen molar-refractivity contribution in [3.05, 3.63) is 55.3 Å². The third kappa shape index (κ3) is 3.47. The summed E-state index contributed by atoms with van der Waals surface area (Å²) in [5, 5.41) is 8.10. The Balaban J connectivity index is 1.62. The highest BCUT2D eigenvalue weighted by Crippen LogP contribution is 2.39. The van der Waals surface area contributed by atoms with E-state index < -0.39 is 18.6 Å². The highest BCUT2D eigenvalue weighted by atomic mass is 19.4. The Kier molecular flexibility index (Phi) is 4.83. The fourth-order valence-corrected chi connectivity index (χ4v) is 3.89. The molecule has 0 N–H and O–H groups in total. The predicted octanol–water partition coefficient (Wildman–Crippen LogP) is 3.53. The molecular formula is C20H18F3N9. The summed E-state index contributed by atoms with van der Waals surface area (Å²) < 4.78 is 42.7. The minimum absolute atomic E-state index is 0.251. The van der Waals surface area contributed by atoms with E-state index in [1.54, 1.807) is 45.0 Å². The summed E-state index contributed by atoms with van der Waals surface area (Å²) in [6, 6.07) is 3.23. The molecule has 4 aromatic heterocycles. The van der Waals surface area contributed by atoms with E-state index in [0.717, 1.165) is 5.56 Å². The highest BCUT2D eigenvalue weighted by Gasteiger charge is 2.36. The number of hydrogen-bond acceptors (Lipinski definition) is 7. The summed E-state index contributed by atoms with van der Waals surface area (Å²) in [6.07, 6.45) is 5.02. The Morgan fingerprint density at radius 1 is 1.06 bits per heavy atom. The van der Waals surface area contributed by atoms with Gasteiger partial charge in [0.1, 0.15) is 17.8 Å². The number of rotatable bonds is 5. The molecule has 32 heavy (non-hydrogen) atoms. The lowest BCUT2D eigenvalue weighted by atomic mass is 10.1.